The van der Waals surface area contributed by atoms with Crippen molar-refractivity contribution in [3.8, 4) is 0 Å². The summed E-state index contributed by atoms with van der Waals surface area (Å²) >= 11 is 1.63. The van der Waals surface area contributed by atoms with Crippen LogP contribution in [0.2, 0.25) is 0 Å². The minimum absolute atomic E-state index is 0.0375. The third-order valence-corrected chi connectivity index (χ3v) is 4.48. The molecule has 1 atom stereocenters. The normalized spacial score (nSPS) is 19.3. The molecule has 0 spiro atoms. The van der Waals surface area contributed by atoms with Crippen molar-refractivity contribution in [2.24, 2.45) is 5.92 Å². The summed E-state index contributed by atoms with van der Waals surface area (Å²) in [6.45, 7) is 5.16. The van der Waals surface area contributed by atoms with E-state index in [9.17, 15) is 9.59 Å². The Kier molecular flexibility index (Phi) is 4.24. The number of esters is 1. The fourth-order valence-electron chi connectivity index (χ4n) is 2.53. The molecule has 0 N–H and O–H groups in total. The summed E-state index contributed by atoms with van der Waals surface area (Å²) in [5.41, 5.74) is 0.771. The Bertz CT molecular complexity index is 495. The number of amides is 1. The lowest BCUT2D eigenvalue weighted by atomic mass is 9.97. The van der Waals surface area contributed by atoms with Gasteiger partial charge in [-0.3, -0.25) is 9.59 Å². The van der Waals surface area contributed by atoms with Crippen LogP contribution >= 0.6 is 11.3 Å². The molecule has 0 unspecified atom stereocenters. The summed E-state index contributed by atoms with van der Waals surface area (Å²) in [6, 6.07) is 1.93. The number of rotatable bonds is 2. The van der Waals surface area contributed by atoms with E-state index < -0.39 is 0 Å². The lowest BCUT2D eigenvalue weighted by Crippen LogP contribution is -2.42. The van der Waals surface area contributed by atoms with Crippen LogP contribution in [-0.2, 0) is 9.53 Å². The fourth-order valence-corrected chi connectivity index (χ4v) is 3.45. The number of piperidine rings is 1. The van der Waals surface area contributed by atoms with Gasteiger partial charge in [-0.25, -0.2) is 0 Å². The summed E-state index contributed by atoms with van der Waals surface area (Å²) in [6.07, 6.45) is 1.66. The molecular formula is C14H19NO3S. The maximum atomic E-state index is 12.5. The summed E-state index contributed by atoms with van der Waals surface area (Å²) < 4.78 is 4.78. The topological polar surface area (TPSA) is 46.6 Å². The second kappa shape index (κ2) is 5.74. The third kappa shape index (κ3) is 2.97. The molecule has 5 heteroatoms. The molecule has 1 aliphatic heterocycles. The van der Waals surface area contributed by atoms with Crippen LogP contribution in [-0.4, -0.2) is 37.0 Å². The maximum Gasteiger partial charge on any atom is 0.310 e. The van der Waals surface area contributed by atoms with E-state index in [-0.39, 0.29) is 17.8 Å². The van der Waals surface area contributed by atoms with Gasteiger partial charge >= 0.3 is 5.97 Å². The Morgan fingerprint density at radius 1 is 1.42 bits per heavy atom. The van der Waals surface area contributed by atoms with Gasteiger partial charge in [-0.1, -0.05) is 0 Å². The summed E-state index contributed by atoms with van der Waals surface area (Å²) in [7, 11) is 1.40. The molecule has 4 nitrogen and oxygen atoms in total. The molecule has 0 bridgehead atoms. The van der Waals surface area contributed by atoms with Crippen LogP contribution in [0.3, 0.4) is 0 Å². The smallest absolute Gasteiger partial charge is 0.310 e. The largest absolute Gasteiger partial charge is 0.469 e. The lowest BCUT2D eigenvalue weighted by Gasteiger charge is -2.31. The summed E-state index contributed by atoms with van der Waals surface area (Å²) in [4.78, 5) is 28.0. The van der Waals surface area contributed by atoms with Gasteiger partial charge in [0.2, 0.25) is 0 Å². The number of thiophene rings is 1. The molecule has 1 fully saturated rings. The molecule has 0 saturated carbocycles. The highest BCUT2D eigenvalue weighted by atomic mass is 32.1. The number of methoxy groups -OCH3 is 1. The first-order valence-corrected chi connectivity index (χ1v) is 7.28. The van der Waals surface area contributed by atoms with Crippen molar-refractivity contribution in [3.05, 3.63) is 21.4 Å². The van der Waals surface area contributed by atoms with Gasteiger partial charge in [0, 0.05) is 22.8 Å². The second-order valence-corrected chi connectivity index (χ2v) is 6.40. The molecule has 1 aliphatic rings. The number of hydrogen-bond acceptors (Lipinski definition) is 4. The van der Waals surface area contributed by atoms with Crippen molar-refractivity contribution in [2.75, 3.05) is 20.2 Å². The van der Waals surface area contributed by atoms with Crippen LogP contribution in [0.4, 0.5) is 0 Å². The number of carbonyl (C=O) groups is 2. The molecule has 19 heavy (non-hydrogen) atoms. The van der Waals surface area contributed by atoms with Gasteiger partial charge in [-0.05, 0) is 32.8 Å². The van der Waals surface area contributed by atoms with Crippen molar-refractivity contribution < 1.29 is 14.3 Å². The first kappa shape index (κ1) is 14.1. The van der Waals surface area contributed by atoms with Gasteiger partial charge in [0.05, 0.1) is 18.6 Å². The first-order chi connectivity index (χ1) is 9.02. The van der Waals surface area contributed by atoms with Crippen molar-refractivity contribution in [1.29, 1.82) is 0 Å². The molecule has 1 aromatic heterocycles. The van der Waals surface area contributed by atoms with Crippen LogP contribution in [0, 0.1) is 19.8 Å². The standard InChI is InChI=1S/C14H19NO3S/c1-9-7-12(10(2)19-9)13(16)15-6-4-5-11(8-15)14(17)18-3/h7,11H,4-6,8H2,1-3H3/t11-/m0/s1. The predicted molar refractivity (Wildman–Crippen MR) is 74.4 cm³/mol. The van der Waals surface area contributed by atoms with Crippen LogP contribution in [0.1, 0.15) is 33.0 Å². The van der Waals surface area contributed by atoms with Gasteiger partial charge in [-0.2, -0.15) is 0 Å². The number of hydrogen-bond donors (Lipinski definition) is 0. The Morgan fingerprint density at radius 2 is 2.16 bits per heavy atom. The van der Waals surface area contributed by atoms with Crippen LogP contribution in [0.15, 0.2) is 6.07 Å². The Labute approximate surface area is 117 Å². The Balaban J connectivity index is 2.11. The quantitative estimate of drug-likeness (QED) is 0.782. The molecule has 2 rings (SSSR count). The van der Waals surface area contributed by atoms with Gasteiger partial charge in [0.25, 0.3) is 5.91 Å². The van der Waals surface area contributed by atoms with Gasteiger partial charge < -0.3 is 9.64 Å². The monoisotopic (exact) mass is 281 g/mol. The minimum atomic E-state index is -0.212. The van der Waals surface area contributed by atoms with Crippen LogP contribution < -0.4 is 0 Å². The Hall–Kier alpha value is -1.36. The maximum absolute atomic E-state index is 12.5. The molecule has 104 valence electrons. The second-order valence-electron chi connectivity index (χ2n) is 4.94. The molecule has 0 aromatic carbocycles. The predicted octanol–water partition coefficient (Wildman–Crippen LogP) is 2.39. The highest BCUT2D eigenvalue weighted by Gasteiger charge is 2.30. The molecule has 2 heterocycles. The number of aryl methyl sites for hydroxylation is 2. The number of nitrogens with zero attached hydrogens (tertiary/aromatic N) is 1. The van der Waals surface area contributed by atoms with E-state index in [4.69, 9.17) is 4.74 Å². The van der Waals surface area contributed by atoms with Crippen molar-refractivity contribution >= 4 is 23.2 Å². The molecule has 1 amide bonds. The third-order valence-electron chi connectivity index (χ3n) is 3.51. The molecule has 1 aromatic rings. The molecule has 0 aliphatic carbocycles. The fraction of sp³-hybridized carbons (Fsp3) is 0.571. The van der Waals surface area contributed by atoms with Crippen molar-refractivity contribution in [2.45, 2.75) is 26.7 Å². The number of carbonyl (C=O) groups excluding carboxylic acids is 2. The zero-order valence-corrected chi connectivity index (χ0v) is 12.4. The first-order valence-electron chi connectivity index (χ1n) is 6.47. The zero-order valence-electron chi connectivity index (χ0n) is 11.6. The number of ether oxygens (including phenoxy) is 1. The van der Waals surface area contributed by atoms with Crippen LogP contribution in [0.5, 0.6) is 0 Å². The average Bonchev–Trinajstić information content (AvgIpc) is 2.76. The van der Waals surface area contributed by atoms with Crippen molar-refractivity contribution in [1.82, 2.24) is 4.90 Å². The Morgan fingerprint density at radius 3 is 2.74 bits per heavy atom. The SMILES string of the molecule is COC(=O)[C@H]1CCCN(C(=O)c2cc(C)sc2C)C1. The lowest BCUT2D eigenvalue weighted by molar-refractivity contribution is -0.146. The van der Waals surface area contributed by atoms with Gasteiger partial charge in [-0.15, -0.1) is 11.3 Å². The summed E-state index contributed by atoms with van der Waals surface area (Å²) in [5, 5.41) is 0. The van der Waals surface area contributed by atoms with Gasteiger partial charge in [0.15, 0.2) is 0 Å². The average molecular weight is 281 g/mol. The van der Waals surface area contributed by atoms with E-state index in [1.165, 1.54) is 7.11 Å². The highest BCUT2D eigenvalue weighted by molar-refractivity contribution is 7.12. The number of likely N-dealkylation sites (tertiary alicyclic amines) is 1. The van der Waals surface area contributed by atoms with E-state index in [1.807, 2.05) is 19.9 Å². The molecular weight excluding hydrogens is 262 g/mol. The van der Waals surface area contributed by atoms with E-state index in [0.717, 1.165) is 34.7 Å². The highest BCUT2D eigenvalue weighted by Crippen LogP contribution is 2.25. The minimum Gasteiger partial charge on any atom is -0.469 e. The van der Waals surface area contributed by atoms with Gasteiger partial charge in [0.1, 0.15) is 0 Å². The summed E-state index contributed by atoms with van der Waals surface area (Å²) in [5.74, 6) is -0.353. The van der Waals surface area contributed by atoms with Crippen molar-refractivity contribution in [3.63, 3.8) is 0 Å². The van der Waals surface area contributed by atoms with E-state index in [2.05, 4.69) is 0 Å². The van der Waals surface area contributed by atoms with E-state index in [0.29, 0.717) is 6.54 Å². The zero-order chi connectivity index (χ0) is 14.0. The van der Waals surface area contributed by atoms with E-state index in [1.54, 1.807) is 16.2 Å². The molecule has 1 saturated heterocycles. The molecule has 0 radical (unpaired) electrons. The van der Waals surface area contributed by atoms with E-state index >= 15 is 0 Å². The van der Waals surface area contributed by atoms with Crippen LogP contribution in [0.25, 0.3) is 0 Å².